The van der Waals surface area contributed by atoms with Crippen molar-refractivity contribution in [2.45, 2.75) is 19.4 Å². The summed E-state index contributed by atoms with van der Waals surface area (Å²) >= 11 is 0. The highest BCUT2D eigenvalue weighted by molar-refractivity contribution is 5.82. The van der Waals surface area contributed by atoms with Gasteiger partial charge in [-0.15, -0.1) is 0 Å². The van der Waals surface area contributed by atoms with Gasteiger partial charge in [0.2, 0.25) is 5.91 Å². The Kier molecular flexibility index (Phi) is 4.31. The lowest BCUT2D eigenvalue weighted by molar-refractivity contribution is -0.131. The molecule has 82 valence electrons. The molecule has 2 N–H and O–H groups in total. The molecule has 0 saturated heterocycles. The lowest BCUT2D eigenvalue weighted by atomic mass is 10.1. The van der Waals surface area contributed by atoms with E-state index in [9.17, 15) is 4.79 Å². The Balaban J connectivity index is 2.69. The highest BCUT2D eigenvalue weighted by atomic mass is 16.2. The molecule has 1 amide bonds. The molecule has 1 aromatic rings. The predicted molar refractivity (Wildman–Crippen MR) is 61.3 cm³/mol. The number of carbonyl (C=O) groups is 1. The van der Waals surface area contributed by atoms with Crippen molar-refractivity contribution in [1.82, 2.24) is 4.90 Å². The van der Waals surface area contributed by atoms with Gasteiger partial charge in [0.1, 0.15) is 6.04 Å². The number of nitrogens with two attached hydrogens (primary N) is 1. The molecule has 15 heavy (non-hydrogen) atoms. The van der Waals surface area contributed by atoms with Gasteiger partial charge in [0.25, 0.3) is 0 Å². The summed E-state index contributed by atoms with van der Waals surface area (Å²) in [6, 6.07) is 8.91. The second-order valence-electron chi connectivity index (χ2n) is 3.65. The van der Waals surface area contributed by atoms with E-state index in [2.05, 4.69) is 0 Å². The summed E-state index contributed by atoms with van der Waals surface area (Å²) in [5, 5.41) is 0. The van der Waals surface area contributed by atoms with Gasteiger partial charge < -0.3 is 10.6 Å². The summed E-state index contributed by atoms with van der Waals surface area (Å²) in [7, 11) is 1.79. The third-order valence-corrected chi connectivity index (χ3v) is 2.36. The molecule has 3 nitrogen and oxygen atoms in total. The minimum Gasteiger partial charge on any atom is -0.344 e. The molecule has 0 aliphatic heterocycles. The number of hydrogen-bond acceptors (Lipinski definition) is 2. The molecule has 0 aliphatic carbocycles. The fourth-order valence-electron chi connectivity index (χ4n) is 1.49. The van der Waals surface area contributed by atoms with Crippen LogP contribution >= 0.6 is 0 Å². The van der Waals surface area contributed by atoms with Crippen molar-refractivity contribution in [2.75, 3.05) is 13.6 Å². The second-order valence-corrected chi connectivity index (χ2v) is 3.65. The minimum absolute atomic E-state index is 0.0250. The fraction of sp³-hybridized carbons (Fsp3) is 0.417. The molecule has 1 aromatic carbocycles. The molecule has 0 aromatic heterocycles. The number of benzene rings is 1. The SMILES string of the molecule is CCCN(C)C(=O)[C@H](N)c1ccccc1. The summed E-state index contributed by atoms with van der Waals surface area (Å²) in [6.07, 6.45) is 0.948. The monoisotopic (exact) mass is 206 g/mol. The van der Waals surface area contributed by atoms with E-state index in [1.54, 1.807) is 11.9 Å². The molecule has 0 fully saturated rings. The summed E-state index contributed by atoms with van der Waals surface area (Å²) in [6.45, 7) is 2.79. The lowest BCUT2D eigenvalue weighted by Crippen LogP contribution is -2.36. The Bertz CT molecular complexity index is 311. The van der Waals surface area contributed by atoms with Crippen LogP contribution in [0.5, 0.6) is 0 Å². The smallest absolute Gasteiger partial charge is 0.243 e. The van der Waals surface area contributed by atoms with E-state index in [1.165, 1.54) is 0 Å². The second kappa shape index (κ2) is 5.51. The average molecular weight is 206 g/mol. The Morgan fingerprint density at radius 1 is 1.40 bits per heavy atom. The summed E-state index contributed by atoms with van der Waals surface area (Å²) < 4.78 is 0. The fourth-order valence-corrected chi connectivity index (χ4v) is 1.49. The molecule has 0 aliphatic rings. The van der Waals surface area contributed by atoms with E-state index < -0.39 is 6.04 Å². The van der Waals surface area contributed by atoms with Crippen molar-refractivity contribution in [2.24, 2.45) is 5.73 Å². The maximum atomic E-state index is 11.8. The molecule has 0 saturated carbocycles. The lowest BCUT2D eigenvalue weighted by Gasteiger charge is -2.20. The first-order chi connectivity index (χ1) is 7.16. The third-order valence-electron chi connectivity index (χ3n) is 2.36. The van der Waals surface area contributed by atoms with Crippen molar-refractivity contribution < 1.29 is 4.79 Å². The Hall–Kier alpha value is -1.35. The van der Waals surface area contributed by atoms with Crippen LogP contribution in [0.3, 0.4) is 0 Å². The summed E-state index contributed by atoms with van der Waals surface area (Å²) in [5.74, 6) is -0.0250. The molecule has 0 heterocycles. The van der Waals surface area contributed by atoms with Crippen molar-refractivity contribution in [3.8, 4) is 0 Å². The van der Waals surface area contributed by atoms with E-state index in [1.807, 2.05) is 37.3 Å². The highest BCUT2D eigenvalue weighted by Crippen LogP contribution is 2.11. The van der Waals surface area contributed by atoms with Crippen LogP contribution in [0.4, 0.5) is 0 Å². The van der Waals surface area contributed by atoms with Gasteiger partial charge >= 0.3 is 0 Å². The maximum Gasteiger partial charge on any atom is 0.243 e. The average Bonchev–Trinajstić information content (AvgIpc) is 2.28. The minimum atomic E-state index is -0.539. The van der Waals surface area contributed by atoms with E-state index >= 15 is 0 Å². The van der Waals surface area contributed by atoms with Crippen LogP contribution in [0.15, 0.2) is 30.3 Å². The first-order valence-corrected chi connectivity index (χ1v) is 5.22. The van der Waals surface area contributed by atoms with Gasteiger partial charge in [0.05, 0.1) is 0 Å². The normalized spacial score (nSPS) is 12.2. The van der Waals surface area contributed by atoms with Crippen LogP contribution in [0.25, 0.3) is 0 Å². The molecule has 0 unspecified atom stereocenters. The van der Waals surface area contributed by atoms with Crippen LogP contribution in [0.2, 0.25) is 0 Å². The zero-order chi connectivity index (χ0) is 11.3. The van der Waals surface area contributed by atoms with E-state index in [0.717, 1.165) is 18.5 Å². The third kappa shape index (κ3) is 3.06. The molecule has 0 radical (unpaired) electrons. The number of likely N-dealkylation sites (N-methyl/N-ethyl adjacent to an activating group) is 1. The predicted octanol–water partition coefficient (Wildman–Crippen LogP) is 1.55. The maximum absolute atomic E-state index is 11.8. The number of nitrogens with zero attached hydrogens (tertiary/aromatic N) is 1. The Morgan fingerprint density at radius 2 is 2.00 bits per heavy atom. The standard InChI is InChI=1S/C12H18N2O/c1-3-9-14(2)12(15)11(13)10-7-5-4-6-8-10/h4-8,11H,3,9,13H2,1-2H3/t11-/m1/s1. The van der Waals surface area contributed by atoms with Gasteiger partial charge in [-0.2, -0.15) is 0 Å². The Labute approximate surface area is 90.9 Å². The van der Waals surface area contributed by atoms with Gasteiger partial charge in [-0.25, -0.2) is 0 Å². The van der Waals surface area contributed by atoms with Gasteiger partial charge in [-0.3, -0.25) is 4.79 Å². The molecule has 1 rings (SSSR count). The van der Waals surface area contributed by atoms with Gasteiger partial charge in [0.15, 0.2) is 0 Å². The number of rotatable bonds is 4. The highest BCUT2D eigenvalue weighted by Gasteiger charge is 2.18. The van der Waals surface area contributed by atoms with Crippen LogP contribution in [-0.4, -0.2) is 24.4 Å². The number of hydrogen-bond donors (Lipinski definition) is 1. The molecule has 0 bridgehead atoms. The van der Waals surface area contributed by atoms with Crippen LogP contribution in [0.1, 0.15) is 24.9 Å². The zero-order valence-corrected chi connectivity index (χ0v) is 9.31. The first kappa shape index (κ1) is 11.7. The van der Waals surface area contributed by atoms with Crippen molar-refractivity contribution in [3.63, 3.8) is 0 Å². The largest absolute Gasteiger partial charge is 0.344 e. The quantitative estimate of drug-likeness (QED) is 0.812. The van der Waals surface area contributed by atoms with E-state index in [0.29, 0.717) is 0 Å². The topological polar surface area (TPSA) is 46.3 Å². The Morgan fingerprint density at radius 3 is 2.53 bits per heavy atom. The van der Waals surface area contributed by atoms with Crippen molar-refractivity contribution >= 4 is 5.91 Å². The van der Waals surface area contributed by atoms with Crippen molar-refractivity contribution in [3.05, 3.63) is 35.9 Å². The van der Waals surface area contributed by atoms with Gasteiger partial charge in [0, 0.05) is 13.6 Å². The van der Waals surface area contributed by atoms with Crippen LogP contribution in [-0.2, 0) is 4.79 Å². The van der Waals surface area contributed by atoms with E-state index in [4.69, 9.17) is 5.73 Å². The molecule has 1 atom stereocenters. The molecule has 3 heteroatoms. The molecule has 0 spiro atoms. The van der Waals surface area contributed by atoms with Gasteiger partial charge in [-0.1, -0.05) is 37.3 Å². The molecular weight excluding hydrogens is 188 g/mol. The summed E-state index contributed by atoms with van der Waals surface area (Å²) in [4.78, 5) is 13.5. The van der Waals surface area contributed by atoms with Gasteiger partial charge in [-0.05, 0) is 12.0 Å². The van der Waals surface area contributed by atoms with Crippen LogP contribution < -0.4 is 5.73 Å². The summed E-state index contributed by atoms with van der Waals surface area (Å²) in [5.41, 5.74) is 6.74. The first-order valence-electron chi connectivity index (χ1n) is 5.22. The zero-order valence-electron chi connectivity index (χ0n) is 9.31. The number of amides is 1. The number of carbonyl (C=O) groups excluding carboxylic acids is 1. The van der Waals surface area contributed by atoms with Crippen LogP contribution in [0, 0.1) is 0 Å². The van der Waals surface area contributed by atoms with E-state index in [-0.39, 0.29) is 5.91 Å². The molecular formula is C12H18N2O. The van der Waals surface area contributed by atoms with Crippen molar-refractivity contribution in [1.29, 1.82) is 0 Å².